The molecule has 106 valence electrons. The van der Waals surface area contributed by atoms with Crippen molar-refractivity contribution in [3.8, 4) is 0 Å². The first kappa shape index (κ1) is 14.8. The second-order valence-electron chi connectivity index (χ2n) is 5.72. The average molecular weight is 285 g/mol. The van der Waals surface area contributed by atoms with E-state index in [2.05, 4.69) is 24.1 Å². The van der Waals surface area contributed by atoms with E-state index in [4.69, 9.17) is 11.6 Å². The van der Waals surface area contributed by atoms with Gasteiger partial charge in [0.2, 0.25) is 0 Å². The maximum atomic E-state index is 13.8. The molecule has 19 heavy (non-hydrogen) atoms. The number of halogens is 2. The molecule has 0 bridgehead atoms. The Morgan fingerprint density at radius 2 is 2.26 bits per heavy atom. The summed E-state index contributed by atoms with van der Waals surface area (Å²) in [6, 6.07) is 5.39. The quantitative estimate of drug-likeness (QED) is 0.913. The maximum Gasteiger partial charge on any atom is 0.129 e. The maximum absolute atomic E-state index is 13.8. The van der Waals surface area contributed by atoms with Crippen molar-refractivity contribution in [2.45, 2.75) is 32.9 Å². The number of rotatable bonds is 4. The lowest BCUT2D eigenvalue weighted by molar-refractivity contribution is 0.178. The summed E-state index contributed by atoms with van der Waals surface area (Å²) in [6.45, 7) is 7.93. The van der Waals surface area contributed by atoms with E-state index in [1.807, 2.05) is 0 Å². The van der Waals surface area contributed by atoms with Crippen LogP contribution in [-0.4, -0.2) is 30.6 Å². The minimum atomic E-state index is -0.202. The number of nitrogens with zero attached hydrogens (tertiary/aromatic N) is 1. The van der Waals surface area contributed by atoms with Gasteiger partial charge in [-0.2, -0.15) is 0 Å². The van der Waals surface area contributed by atoms with Gasteiger partial charge >= 0.3 is 0 Å². The van der Waals surface area contributed by atoms with Crippen LogP contribution in [0.15, 0.2) is 18.2 Å². The zero-order valence-corrected chi connectivity index (χ0v) is 12.4. The molecule has 1 unspecified atom stereocenters. The highest BCUT2D eigenvalue weighted by Crippen LogP contribution is 2.21. The Bertz CT molecular complexity index is 402. The summed E-state index contributed by atoms with van der Waals surface area (Å²) in [5.41, 5.74) is 0.620. The van der Waals surface area contributed by atoms with Gasteiger partial charge in [-0.15, -0.1) is 0 Å². The molecule has 0 saturated carbocycles. The molecule has 0 radical (unpaired) electrons. The minimum absolute atomic E-state index is 0.202. The molecule has 1 aromatic rings. The van der Waals surface area contributed by atoms with Crippen LogP contribution in [0.3, 0.4) is 0 Å². The highest BCUT2D eigenvalue weighted by atomic mass is 35.5. The highest BCUT2D eigenvalue weighted by molar-refractivity contribution is 6.31. The van der Waals surface area contributed by atoms with Gasteiger partial charge < -0.3 is 5.32 Å². The zero-order chi connectivity index (χ0) is 13.8. The minimum Gasteiger partial charge on any atom is -0.311 e. The molecule has 2 nitrogen and oxygen atoms in total. The standard InChI is InChI=1S/C15H22ClFN2/c1-11(2)8-12-9-19(7-6-18-12)10-13-14(16)4-3-5-15(13)17/h3-5,11-12,18H,6-10H2,1-2H3. The van der Waals surface area contributed by atoms with Crippen molar-refractivity contribution in [2.75, 3.05) is 19.6 Å². The number of nitrogens with one attached hydrogen (secondary N) is 1. The van der Waals surface area contributed by atoms with Gasteiger partial charge in [0.1, 0.15) is 5.82 Å². The predicted octanol–water partition coefficient (Wildman–Crippen LogP) is 3.30. The first-order valence-corrected chi connectivity index (χ1v) is 7.32. The molecule has 1 heterocycles. The van der Waals surface area contributed by atoms with E-state index in [1.54, 1.807) is 12.1 Å². The van der Waals surface area contributed by atoms with Crippen molar-refractivity contribution in [1.82, 2.24) is 10.2 Å². The number of hydrogen-bond donors (Lipinski definition) is 1. The Morgan fingerprint density at radius 3 is 2.95 bits per heavy atom. The Morgan fingerprint density at radius 1 is 1.47 bits per heavy atom. The van der Waals surface area contributed by atoms with E-state index in [-0.39, 0.29) is 5.82 Å². The van der Waals surface area contributed by atoms with Crippen molar-refractivity contribution in [3.63, 3.8) is 0 Å². The SMILES string of the molecule is CC(C)CC1CN(Cc2c(F)cccc2Cl)CCN1. The molecule has 1 aliphatic heterocycles. The van der Waals surface area contributed by atoms with Gasteiger partial charge in [-0.3, -0.25) is 4.90 Å². The molecule has 1 aromatic carbocycles. The lowest BCUT2D eigenvalue weighted by Gasteiger charge is -2.34. The van der Waals surface area contributed by atoms with Crippen molar-refractivity contribution in [1.29, 1.82) is 0 Å². The summed E-state index contributed by atoms with van der Waals surface area (Å²) in [7, 11) is 0. The topological polar surface area (TPSA) is 15.3 Å². The van der Waals surface area contributed by atoms with Gasteiger partial charge in [-0.1, -0.05) is 31.5 Å². The van der Waals surface area contributed by atoms with Crippen LogP contribution in [0.25, 0.3) is 0 Å². The fourth-order valence-corrected chi connectivity index (χ4v) is 2.89. The normalized spacial score (nSPS) is 21.0. The molecule has 1 N–H and O–H groups in total. The first-order valence-electron chi connectivity index (χ1n) is 6.95. The summed E-state index contributed by atoms with van der Waals surface area (Å²) in [4.78, 5) is 2.29. The zero-order valence-electron chi connectivity index (χ0n) is 11.6. The van der Waals surface area contributed by atoms with Gasteiger partial charge in [0, 0.05) is 42.8 Å². The van der Waals surface area contributed by atoms with Gasteiger partial charge in [0.05, 0.1) is 0 Å². The van der Waals surface area contributed by atoms with Crippen LogP contribution in [-0.2, 0) is 6.54 Å². The monoisotopic (exact) mass is 284 g/mol. The smallest absolute Gasteiger partial charge is 0.129 e. The van der Waals surface area contributed by atoms with E-state index in [0.29, 0.717) is 29.1 Å². The molecule has 2 rings (SSSR count). The molecular weight excluding hydrogens is 263 g/mol. The van der Waals surface area contributed by atoms with Crippen LogP contribution in [0.1, 0.15) is 25.8 Å². The predicted molar refractivity (Wildman–Crippen MR) is 77.9 cm³/mol. The van der Waals surface area contributed by atoms with Crippen molar-refractivity contribution < 1.29 is 4.39 Å². The van der Waals surface area contributed by atoms with E-state index in [0.717, 1.165) is 26.1 Å². The summed E-state index contributed by atoms with van der Waals surface area (Å²) in [5, 5.41) is 4.05. The van der Waals surface area contributed by atoms with Gasteiger partial charge in [0.15, 0.2) is 0 Å². The third-order valence-corrected chi connectivity index (χ3v) is 3.89. The largest absolute Gasteiger partial charge is 0.311 e. The summed E-state index contributed by atoms with van der Waals surface area (Å²) >= 11 is 6.09. The van der Waals surface area contributed by atoms with E-state index in [9.17, 15) is 4.39 Å². The van der Waals surface area contributed by atoms with Crippen molar-refractivity contribution >= 4 is 11.6 Å². The lowest BCUT2D eigenvalue weighted by Crippen LogP contribution is -2.50. The third-order valence-electron chi connectivity index (χ3n) is 3.54. The Labute approximate surface area is 119 Å². The Balaban J connectivity index is 1.99. The number of piperazine rings is 1. The average Bonchev–Trinajstić information content (AvgIpc) is 2.34. The highest BCUT2D eigenvalue weighted by Gasteiger charge is 2.21. The molecule has 0 spiro atoms. The molecule has 4 heteroatoms. The van der Waals surface area contributed by atoms with Crippen LogP contribution in [0.2, 0.25) is 5.02 Å². The molecule has 0 aromatic heterocycles. The van der Waals surface area contributed by atoms with E-state index < -0.39 is 0 Å². The molecule has 1 fully saturated rings. The first-order chi connectivity index (χ1) is 9.06. The van der Waals surface area contributed by atoms with Crippen LogP contribution < -0.4 is 5.32 Å². The van der Waals surface area contributed by atoms with Gasteiger partial charge in [-0.25, -0.2) is 4.39 Å². The second kappa shape index (κ2) is 6.69. The van der Waals surface area contributed by atoms with E-state index in [1.165, 1.54) is 6.07 Å². The van der Waals surface area contributed by atoms with Crippen LogP contribution in [0.4, 0.5) is 4.39 Å². The van der Waals surface area contributed by atoms with Crippen molar-refractivity contribution in [3.05, 3.63) is 34.6 Å². The van der Waals surface area contributed by atoms with Crippen LogP contribution in [0.5, 0.6) is 0 Å². The molecule has 0 aliphatic carbocycles. The summed E-state index contributed by atoms with van der Waals surface area (Å²) < 4.78 is 13.8. The van der Waals surface area contributed by atoms with Crippen LogP contribution in [0, 0.1) is 11.7 Å². The lowest BCUT2D eigenvalue weighted by atomic mass is 10.0. The Hall–Kier alpha value is -0.640. The van der Waals surface area contributed by atoms with E-state index >= 15 is 0 Å². The van der Waals surface area contributed by atoms with Gasteiger partial charge in [-0.05, 0) is 24.5 Å². The molecule has 1 atom stereocenters. The van der Waals surface area contributed by atoms with Crippen LogP contribution >= 0.6 is 11.6 Å². The third kappa shape index (κ3) is 4.16. The second-order valence-corrected chi connectivity index (χ2v) is 6.12. The molecule has 1 saturated heterocycles. The molecular formula is C15H22ClFN2. The summed E-state index contributed by atoms with van der Waals surface area (Å²) in [6.07, 6.45) is 1.15. The number of hydrogen-bond acceptors (Lipinski definition) is 2. The number of benzene rings is 1. The molecule has 0 amide bonds. The molecule has 1 aliphatic rings. The van der Waals surface area contributed by atoms with Gasteiger partial charge in [0.25, 0.3) is 0 Å². The van der Waals surface area contributed by atoms with Crippen molar-refractivity contribution in [2.24, 2.45) is 5.92 Å². The Kier molecular flexibility index (Phi) is 5.20. The fraction of sp³-hybridized carbons (Fsp3) is 0.600. The fourth-order valence-electron chi connectivity index (χ4n) is 2.67. The summed E-state index contributed by atoms with van der Waals surface area (Å²) in [5.74, 6) is 0.473.